The van der Waals surface area contributed by atoms with Crippen LogP contribution in [0.25, 0.3) is 0 Å². The first-order valence-electron chi connectivity index (χ1n) is 7.13. The summed E-state index contributed by atoms with van der Waals surface area (Å²) in [7, 11) is 0. The summed E-state index contributed by atoms with van der Waals surface area (Å²) >= 11 is 0. The van der Waals surface area contributed by atoms with Crippen molar-refractivity contribution in [2.45, 2.75) is 40.2 Å². The topological polar surface area (TPSA) is 78.4 Å². The molecule has 0 heterocycles. The molecule has 0 saturated heterocycles. The van der Waals surface area contributed by atoms with Gasteiger partial charge in [-0.2, -0.15) is 0 Å². The molecule has 1 amide bonds. The van der Waals surface area contributed by atoms with Gasteiger partial charge in [-0.15, -0.1) is 0 Å². The largest absolute Gasteiger partial charge is 0.480 e. The monoisotopic (exact) mass is 292 g/mol. The van der Waals surface area contributed by atoms with Crippen LogP contribution >= 0.6 is 0 Å². The molecule has 0 aliphatic carbocycles. The Kier molecular flexibility index (Phi) is 6.37. The van der Waals surface area contributed by atoms with Crippen LogP contribution in [-0.2, 0) is 9.59 Å². The van der Waals surface area contributed by atoms with Gasteiger partial charge in [-0.1, -0.05) is 26.0 Å². The van der Waals surface area contributed by atoms with Gasteiger partial charge in [-0.3, -0.25) is 9.59 Å². The molecule has 1 atom stereocenters. The lowest BCUT2D eigenvalue weighted by Gasteiger charge is -2.16. The van der Waals surface area contributed by atoms with Gasteiger partial charge in [0.2, 0.25) is 5.91 Å². The minimum absolute atomic E-state index is 0.0879. The third kappa shape index (κ3) is 5.95. The molecule has 116 valence electrons. The molecule has 0 spiro atoms. The summed E-state index contributed by atoms with van der Waals surface area (Å²) in [4.78, 5) is 23.2. The van der Waals surface area contributed by atoms with Crippen LogP contribution in [0.3, 0.4) is 0 Å². The van der Waals surface area contributed by atoms with Crippen LogP contribution in [0.15, 0.2) is 18.2 Å². The fourth-order valence-corrected chi connectivity index (χ4v) is 1.88. The molecule has 0 aliphatic rings. The summed E-state index contributed by atoms with van der Waals surface area (Å²) in [6.07, 6.45) is -0.0879. The number of carboxylic acid groups (broad SMARTS) is 1. The highest BCUT2D eigenvalue weighted by Gasteiger charge is 2.21. The third-order valence-corrected chi connectivity index (χ3v) is 3.13. The Balaban J connectivity index is 2.65. The predicted octanol–water partition coefficient (Wildman–Crippen LogP) is 2.33. The second kappa shape index (κ2) is 7.78. The van der Waals surface area contributed by atoms with Gasteiger partial charge < -0.3 is 15.7 Å². The highest BCUT2D eigenvalue weighted by molar-refractivity contribution is 5.94. The van der Waals surface area contributed by atoms with E-state index in [1.165, 1.54) is 0 Å². The van der Waals surface area contributed by atoms with Crippen molar-refractivity contribution >= 4 is 17.6 Å². The molecule has 1 rings (SSSR count). The number of rotatable bonds is 7. The van der Waals surface area contributed by atoms with Crippen molar-refractivity contribution in [3.8, 4) is 0 Å². The van der Waals surface area contributed by atoms with Crippen molar-refractivity contribution in [1.29, 1.82) is 0 Å². The molecule has 0 fully saturated rings. The Morgan fingerprint density at radius 3 is 2.48 bits per heavy atom. The summed E-state index contributed by atoms with van der Waals surface area (Å²) in [6.45, 7) is 8.39. The number of amides is 1. The summed E-state index contributed by atoms with van der Waals surface area (Å²) in [6, 6.07) is 4.91. The van der Waals surface area contributed by atoms with Crippen molar-refractivity contribution in [2.75, 3.05) is 11.9 Å². The van der Waals surface area contributed by atoms with Gasteiger partial charge in [0.15, 0.2) is 0 Å². The van der Waals surface area contributed by atoms with E-state index >= 15 is 0 Å². The molecule has 0 aliphatic heterocycles. The van der Waals surface area contributed by atoms with Crippen LogP contribution < -0.4 is 10.6 Å². The van der Waals surface area contributed by atoms with Crippen molar-refractivity contribution in [1.82, 2.24) is 5.32 Å². The zero-order chi connectivity index (χ0) is 16.0. The highest BCUT2D eigenvalue weighted by atomic mass is 16.4. The zero-order valence-corrected chi connectivity index (χ0v) is 13.1. The second-order valence-corrected chi connectivity index (χ2v) is 5.76. The second-order valence-electron chi connectivity index (χ2n) is 5.76. The van der Waals surface area contributed by atoms with E-state index in [0.29, 0.717) is 12.5 Å². The molecular weight excluding hydrogens is 268 g/mol. The first-order valence-corrected chi connectivity index (χ1v) is 7.13. The number of nitrogens with one attached hydrogen (secondary N) is 2. The molecule has 1 aromatic carbocycles. The molecule has 0 saturated carbocycles. The number of anilines is 1. The predicted molar refractivity (Wildman–Crippen MR) is 83.4 cm³/mol. The van der Waals surface area contributed by atoms with E-state index in [4.69, 9.17) is 5.11 Å². The Hall–Kier alpha value is -1.88. The van der Waals surface area contributed by atoms with Crippen LogP contribution in [0.5, 0.6) is 0 Å². The first kappa shape index (κ1) is 17.2. The Morgan fingerprint density at radius 1 is 1.24 bits per heavy atom. The lowest BCUT2D eigenvalue weighted by Crippen LogP contribution is -2.41. The van der Waals surface area contributed by atoms with Crippen LogP contribution in [0.1, 0.15) is 31.4 Å². The lowest BCUT2D eigenvalue weighted by molar-refractivity contribution is -0.141. The lowest BCUT2D eigenvalue weighted by atomic mass is 10.1. The van der Waals surface area contributed by atoms with Crippen LogP contribution in [-0.4, -0.2) is 29.6 Å². The van der Waals surface area contributed by atoms with Gasteiger partial charge in [0, 0.05) is 5.69 Å². The summed E-state index contributed by atoms with van der Waals surface area (Å²) < 4.78 is 0. The molecule has 5 nitrogen and oxygen atoms in total. The van der Waals surface area contributed by atoms with Crippen molar-refractivity contribution in [3.05, 3.63) is 29.3 Å². The van der Waals surface area contributed by atoms with Gasteiger partial charge in [0.25, 0.3) is 0 Å². The molecule has 0 radical (unpaired) electrons. The maximum absolute atomic E-state index is 12.0. The number of carbonyl (C=O) groups excluding carboxylic acids is 1. The molecule has 3 N–H and O–H groups in total. The highest BCUT2D eigenvalue weighted by Crippen LogP contribution is 2.16. The summed E-state index contributed by atoms with van der Waals surface area (Å²) in [5, 5.41) is 14.8. The van der Waals surface area contributed by atoms with Crippen molar-refractivity contribution in [3.63, 3.8) is 0 Å². The minimum atomic E-state index is -1.01. The quantitative estimate of drug-likeness (QED) is 0.720. The molecule has 0 aromatic heterocycles. The third-order valence-electron chi connectivity index (χ3n) is 3.13. The number of benzene rings is 1. The molecule has 0 unspecified atom stereocenters. The number of aliphatic carboxylic acids is 1. The fourth-order valence-electron chi connectivity index (χ4n) is 1.88. The Morgan fingerprint density at radius 2 is 1.90 bits per heavy atom. The van der Waals surface area contributed by atoms with Gasteiger partial charge in [0.05, 0.1) is 6.42 Å². The number of carbonyl (C=O) groups is 2. The van der Waals surface area contributed by atoms with E-state index in [0.717, 1.165) is 16.8 Å². The number of aryl methyl sites for hydroxylation is 2. The minimum Gasteiger partial charge on any atom is -0.480 e. The van der Waals surface area contributed by atoms with E-state index in [9.17, 15) is 9.59 Å². The van der Waals surface area contributed by atoms with Gasteiger partial charge >= 0.3 is 5.97 Å². The maximum atomic E-state index is 12.0. The number of carboxylic acids is 1. The average Bonchev–Trinajstić information content (AvgIpc) is 2.38. The first-order chi connectivity index (χ1) is 9.79. The zero-order valence-electron chi connectivity index (χ0n) is 13.1. The molecular formula is C16H24N2O3. The average molecular weight is 292 g/mol. The van der Waals surface area contributed by atoms with E-state index in [-0.39, 0.29) is 12.3 Å². The fraction of sp³-hybridized carbons (Fsp3) is 0.500. The van der Waals surface area contributed by atoms with Crippen molar-refractivity contribution in [2.24, 2.45) is 5.92 Å². The van der Waals surface area contributed by atoms with Gasteiger partial charge in [-0.25, -0.2) is 0 Å². The summed E-state index contributed by atoms with van der Waals surface area (Å²) in [5.74, 6) is -0.979. The summed E-state index contributed by atoms with van der Waals surface area (Å²) in [5.41, 5.74) is 2.73. The van der Waals surface area contributed by atoms with E-state index in [1.54, 1.807) is 0 Å². The number of hydrogen-bond acceptors (Lipinski definition) is 3. The normalized spacial score (nSPS) is 12.2. The smallest absolute Gasteiger partial charge is 0.321 e. The molecule has 1 aromatic rings. The van der Waals surface area contributed by atoms with Gasteiger partial charge in [-0.05, 0) is 43.5 Å². The number of hydrogen-bond donors (Lipinski definition) is 3. The van der Waals surface area contributed by atoms with E-state index in [1.807, 2.05) is 45.9 Å². The molecule has 0 bridgehead atoms. The van der Waals surface area contributed by atoms with Crippen molar-refractivity contribution < 1.29 is 14.7 Å². The maximum Gasteiger partial charge on any atom is 0.321 e. The Bertz CT molecular complexity index is 512. The SMILES string of the molecule is Cc1ccc(C)c(NC(=O)C[C@H](NCC(C)C)C(=O)O)c1. The van der Waals surface area contributed by atoms with Crippen LogP contribution in [0.2, 0.25) is 0 Å². The standard InChI is InChI=1S/C16H24N2O3/c1-10(2)9-17-14(16(20)21)8-15(19)18-13-7-11(3)5-6-12(13)4/h5-7,10,14,17H,8-9H2,1-4H3,(H,18,19)(H,20,21)/t14-/m0/s1. The van der Waals surface area contributed by atoms with E-state index < -0.39 is 12.0 Å². The molecule has 21 heavy (non-hydrogen) atoms. The van der Waals surface area contributed by atoms with Crippen LogP contribution in [0, 0.1) is 19.8 Å². The Labute approximate surface area is 125 Å². The van der Waals surface area contributed by atoms with Gasteiger partial charge in [0.1, 0.15) is 6.04 Å². The molecule has 5 heteroatoms. The van der Waals surface area contributed by atoms with Crippen LogP contribution in [0.4, 0.5) is 5.69 Å². The van der Waals surface area contributed by atoms with E-state index in [2.05, 4.69) is 10.6 Å².